The minimum Gasteiger partial charge on any atom is -0.352 e. The molecule has 0 radical (unpaired) electrons. The summed E-state index contributed by atoms with van der Waals surface area (Å²) in [5, 5.41) is 9.17. The third-order valence-electron chi connectivity index (χ3n) is 2.48. The van der Waals surface area contributed by atoms with Crippen LogP contribution in [0.5, 0.6) is 0 Å². The molecule has 0 aliphatic rings. The van der Waals surface area contributed by atoms with Crippen LogP contribution in [0.25, 0.3) is 0 Å². The number of amides is 1. The average Bonchev–Trinajstić information content (AvgIpc) is 2.25. The first-order valence-electron chi connectivity index (χ1n) is 5.97. The van der Waals surface area contributed by atoms with E-state index in [-0.39, 0.29) is 11.9 Å². The van der Waals surface area contributed by atoms with Crippen molar-refractivity contribution in [1.82, 2.24) is 16.0 Å². The Kier molecular flexibility index (Phi) is 9.18. The molecule has 5 N–H and O–H groups in total. The first-order chi connectivity index (χ1) is 7.61. The molecule has 2 atom stereocenters. The van der Waals surface area contributed by atoms with Gasteiger partial charge in [-0.1, -0.05) is 0 Å². The smallest absolute Gasteiger partial charge is 0.236 e. The van der Waals surface area contributed by atoms with Gasteiger partial charge in [0.2, 0.25) is 5.91 Å². The third-order valence-corrected chi connectivity index (χ3v) is 2.48. The van der Waals surface area contributed by atoms with E-state index in [1.54, 1.807) is 6.92 Å². The average molecular weight is 230 g/mol. The van der Waals surface area contributed by atoms with Gasteiger partial charge in [-0.05, 0) is 53.4 Å². The molecule has 0 aromatic heterocycles. The van der Waals surface area contributed by atoms with Crippen LogP contribution in [0.3, 0.4) is 0 Å². The number of hydrogen-bond acceptors (Lipinski definition) is 4. The Morgan fingerprint density at radius 1 is 1.19 bits per heavy atom. The van der Waals surface area contributed by atoms with Crippen LogP contribution in [0.1, 0.15) is 26.2 Å². The first-order valence-corrected chi connectivity index (χ1v) is 5.97. The zero-order chi connectivity index (χ0) is 12.4. The summed E-state index contributed by atoms with van der Waals surface area (Å²) < 4.78 is 0. The van der Waals surface area contributed by atoms with E-state index in [0.717, 1.165) is 32.4 Å². The second-order valence-electron chi connectivity index (χ2n) is 4.13. The zero-order valence-electron chi connectivity index (χ0n) is 10.7. The Hall–Kier alpha value is -0.650. The largest absolute Gasteiger partial charge is 0.352 e. The lowest BCUT2D eigenvalue weighted by Gasteiger charge is -2.19. The van der Waals surface area contributed by atoms with Crippen molar-refractivity contribution in [3.63, 3.8) is 0 Å². The maximum atomic E-state index is 11.5. The van der Waals surface area contributed by atoms with Crippen molar-refractivity contribution in [2.75, 3.05) is 27.2 Å². The molecule has 0 spiro atoms. The van der Waals surface area contributed by atoms with Gasteiger partial charge in [-0.2, -0.15) is 0 Å². The fourth-order valence-electron chi connectivity index (χ4n) is 1.47. The van der Waals surface area contributed by atoms with E-state index in [9.17, 15) is 4.79 Å². The van der Waals surface area contributed by atoms with E-state index in [0.29, 0.717) is 0 Å². The molecule has 0 aliphatic heterocycles. The second kappa shape index (κ2) is 9.57. The van der Waals surface area contributed by atoms with Gasteiger partial charge in [0.25, 0.3) is 0 Å². The van der Waals surface area contributed by atoms with Crippen LogP contribution in [0.2, 0.25) is 0 Å². The van der Waals surface area contributed by atoms with Gasteiger partial charge in [0.1, 0.15) is 0 Å². The van der Waals surface area contributed by atoms with Gasteiger partial charge >= 0.3 is 0 Å². The Balaban J connectivity index is 3.93. The van der Waals surface area contributed by atoms with E-state index >= 15 is 0 Å². The van der Waals surface area contributed by atoms with Crippen LogP contribution < -0.4 is 21.7 Å². The van der Waals surface area contributed by atoms with E-state index in [4.69, 9.17) is 5.73 Å². The van der Waals surface area contributed by atoms with Crippen molar-refractivity contribution in [2.45, 2.75) is 38.3 Å². The SMILES string of the molecule is CNCCCC(CCNC)NC(=O)[C@@H](C)N. The van der Waals surface area contributed by atoms with E-state index < -0.39 is 6.04 Å². The Morgan fingerprint density at radius 3 is 2.31 bits per heavy atom. The molecule has 16 heavy (non-hydrogen) atoms. The molecule has 1 amide bonds. The van der Waals surface area contributed by atoms with E-state index in [1.807, 2.05) is 14.1 Å². The first kappa shape index (κ1) is 15.3. The molecular weight excluding hydrogens is 204 g/mol. The minimum atomic E-state index is -0.429. The predicted octanol–water partition coefficient (Wildman–Crippen LogP) is -0.572. The quantitative estimate of drug-likeness (QED) is 0.400. The molecule has 0 aromatic carbocycles. The lowest BCUT2D eigenvalue weighted by molar-refractivity contribution is -0.122. The molecule has 96 valence electrons. The summed E-state index contributed by atoms with van der Waals surface area (Å²) in [4.78, 5) is 11.5. The number of carbonyl (C=O) groups is 1. The van der Waals surface area contributed by atoms with Crippen molar-refractivity contribution >= 4 is 5.91 Å². The number of rotatable bonds is 9. The topological polar surface area (TPSA) is 79.2 Å². The summed E-state index contributed by atoms with van der Waals surface area (Å²) in [5.41, 5.74) is 5.53. The van der Waals surface area contributed by atoms with Crippen molar-refractivity contribution in [2.24, 2.45) is 5.73 Å². The molecule has 0 bridgehead atoms. The van der Waals surface area contributed by atoms with Crippen molar-refractivity contribution in [1.29, 1.82) is 0 Å². The van der Waals surface area contributed by atoms with Gasteiger partial charge in [0.15, 0.2) is 0 Å². The standard InChI is InChI=1S/C11H26N4O/c1-9(12)11(16)15-10(6-8-14-3)5-4-7-13-2/h9-10,13-14H,4-8,12H2,1-3H3,(H,15,16)/t9-,10?/m1/s1. The number of nitrogens with one attached hydrogen (secondary N) is 3. The van der Waals surface area contributed by atoms with Crippen LogP contribution in [-0.4, -0.2) is 45.2 Å². The third kappa shape index (κ3) is 7.62. The number of hydrogen-bond donors (Lipinski definition) is 4. The van der Waals surface area contributed by atoms with Gasteiger partial charge in [-0.15, -0.1) is 0 Å². The summed E-state index contributed by atoms with van der Waals surface area (Å²) in [7, 11) is 3.85. The van der Waals surface area contributed by atoms with Crippen LogP contribution in [0.4, 0.5) is 0 Å². The van der Waals surface area contributed by atoms with Gasteiger partial charge < -0.3 is 21.7 Å². The van der Waals surface area contributed by atoms with Gasteiger partial charge in [-0.25, -0.2) is 0 Å². The monoisotopic (exact) mass is 230 g/mol. The van der Waals surface area contributed by atoms with Crippen molar-refractivity contribution in [3.8, 4) is 0 Å². The lowest BCUT2D eigenvalue weighted by atomic mass is 10.1. The Labute approximate surface area is 98.5 Å². The molecule has 5 heteroatoms. The Bertz CT molecular complexity index is 185. The molecule has 0 rings (SSSR count). The molecular formula is C11H26N4O. The summed E-state index contributed by atoms with van der Waals surface area (Å²) in [6.45, 7) is 3.59. The van der Waals surface area contributed by atoms with E-state index in [1.165, 1.54) is 0 Å². The normalized spacial score (nSPS) is 14.5. The molecule has 5 nitrogen and oxygen atoms in total. The van der Waals surface area contributed by atoms with Crippen LogP contribution in [-0.2, 0) is 4.79 Å². The van der Waals surface area contributed by atoms with Crippen LogP contribution >= 0.6 is 0 Å². The maximum Gasteiger partial charge on any atom is 0.236 e. The zero-order valence-corrected chi connectivity index (χ0v) is 10.7. The highest BCUT2D eigenvalue weighted by Gasteiger charge is 2.14. The predicted molar refractivity (Wildman–Crippen MR) is 67.3 cm³/mol. The summed E-state index contributed by atoms with van der Waals surface area (Å²) in [6, 6.07) is -0.208. The highest BCUT2D eigenvalue weighted by Crippen LogP contribution is 2.01. The fourth-order valence-corrected chi connectivity index (χ4v) is 1.47. The second-order valence-corrected chi connectivity index (χ2v) is 4.13. The summed E-state index contributed by atoms with van der Waals surface area (Å²) >= 11 is 0. The molecule has 0 saturated heterocycles. The number of nitrogens with two attached hydrogens (primary N) is 1. The van der Waals surface area contributed by atoms with Crippen molar-refractivity contribution in [3.05, 3.63) is 0 Å². The number of carbonyl (C=O) groups excluding carboxylic acids is 1. The molecule has 1 unspecified atom stereocenters. The Morgan fingerprint density at radius 2 is 1.81 bits per heavy atom. The van der Waals surface area contributed by atoms with Gasteiger partial charge in [-0.3, -0.25) is 4.79 Å². The molecule has 0 fully saturated rings. The maximum absolute atomic E-state index is 11.5. The van der Waals surface area contributed by atoms with Gasteiger partial charge in [0, 0.05) is 6.04 Å². The van der Waals surface area contributed by atoms with Crippen molar-refractivity contribution < 1.29 is 4.79 Å². The van der Waals surface area contributed by atoms with E-state index in [2.05, 4.69) is 16.0 Å². The summed E-state index contributed by atoms with van der Waals surface area (Å²) in [5.74, 6) is -0.0643. The highest BCUT2D eigenvalue weighted by atomic mass is 16.2. The molecule has 0 heterocycles. The van der Waals surface area contributed by atoms with Gasteiger partial charge in [0.05, 0.1) is 6.04 Å². The van der Waals surface area contributed by atoms with Crippen LogP contribution in [0.15, 0.2) is 0 Å². The molecule has 0 aromatic rings. The summed E-state index contributed by atoms with van der Waals surface area (Å²) in [6.07, 6.45) is 2.99. The van der Waals surface area contributed by atoms with Crippen LogP contribution in [0, 0.1) is 0 Å². The molecule has 0 aliphatic carbocycles. The minimum absolute atomic E-state index is 0.0643. The fraction of sp³-hybridized carbons (Fsp3) is 0.909. The lowest BCUT2D eigenvalue weighted by Crippen LogP contribution is -2.44. The molecule has 0 saturated carbocycles. The highest BCUT2D eigenvalue weighted by molar-refractivity contribution is 5.81.